The smallest absolute Gasteiger partial charge is 0.416 e. The molecule has 2 aromatic carbocycles. The largest absolute Gasteiger partial charge is 0.496 e. The molecule has 0 unspecified atom stereocenters. The zero-order valence-corrected chi connectivity index (χ0v) is 12.8. The van der Waals surface area contributed by atoms with Crippen molar-refractivity contribution in [3.63, 3.8) is 0 Å². The third-order valence-corrected chi connectivity index (χ3v) is 3.62. The zero-order chi connectivity index (χ0) is 15.8. The SMILES string of the molecule is COc1ccc(C(F)(F)F)cc1-c1c(Cl)cc(Cl)cc1Cl. The van der Waals surface area contributed by atoms with Crippen molar-refractivity contribution in [1.82, 2.24) is 0 Å². The first-order chi connectivity index (χ1) is 9.74. The molecule has 0 radical (unpaired) electrons. The molecule has 0 aliphatic rings. The van der Waals surface area contributed by atoms with Crippen LogP contribution >= 0.6 is 34.8 Å². The number of alkyl halides is 3. The van der Waals surface area contributed by atoms with Crippen LogP contribution in [0.15, 0.2) is 30.3 Å². The zero-order valence-electron chi connectivity index (χ0n) is 10.6. The van der Waals surface area contributed by atoms with E-state index in [1.54, 1.807) is 0 Å². The van der Waals surface area contributed by atoms with E-state index in [2.05, 4.69) is 0 Å². The molecule has 1 nitrogen and oxygen atoms in total. The van der Waals surface area contributed by atoms with Gasteiger partial charge in [0.2, 0.25) is 0 Å². The number of rotatable bonds is 2. The Morgan fingerprint density at radius 3 is 2.00 bits per heavy atom. The maximum atomic E-state index is 12.9. The van der Waals surface area contributed by atoms with Gasteiger partial charge in [-0.25, -0.2) is 0 Å². The molecule has 0 aliphatic carbocycles. The third-order valence-electron chi connectivity index (χ3n) is 2.80. The van der Waals surface area contributed by atoms with Crippen LogP contribution in [0.2, 0.25) is 15.1 Å². The molecule has 0 amide bonds. The van der Waals surface area contributed by atoms with Crippen LogP contribution in [-0.4, -0.2) is 7.11 Å². The van der Waals surface area contributed by atoms with E-state index in [-0.39, 0.29) is 26.9 Å². The van der Waals surface area contributed by atoms with Crippen LogP contribution in [-0.2, 0) is 6.18 Å². The normalized spacial score (nSPS) is 11.6. The average molecular weight is 356 g/mol. The Bertz CT molecular complexity index is 661. The van der Waals surface area contributed by atoms with Gasteiger partial charge in [-0.1, -0.05) is 34.8 Å². The van der Waals surface area contributed by atoms with E-state index in [1.165, 1.54) is 25.3 Å². The molecule has 2 aromatic rings. The fourth-order valence-electron chi connectivity index (χ4n) is 1.88. The highest BCUT2D eigenvalue weighted by Crippen LogP contribution is 2.43. The molecule has 0 heterocycles. The van der Waals surface area contributed by atoms with Gasteiger partial charge in [-0.15, -0.1) is 0 Å². The summed E-state index contributed by atoms with van der Waals surface area (Å²) >= 11 is 17.9. The van der Waals surface area contributed by atoms with E-state index >= 15 is 0 Å². The van der Waals surface area contributed by atoms with Crippen LogP contribution in [0.5, 0.6) is 5.75 Å². The van der Waals surface area contributed by atoms with Gasteiger partial charge in [0, 0.05) is 16.1 Å². The van der Waals surface area contributed by atoms with Gasteiger partial charge >= 0.3 is 6.18 Å². The topological polar surface area (TPSA) is 9.23 Å². The molecule has 0 saturated carbocycles. The maximum Gasteiger partial charge on any atom is 0.416 e. The predicted molar refractivity (Wildman–Crippen MR) is 78.5 cm³/mol. The summed E-state index contributed by atoms with van der Waals surface area (Å²) in [7, 11) is 1.35. The van der Waals surface area contributed by atoms with Crippen LogP contribution in [0.1, 0.15) is 5.56 Å². The molecular weight excluding hydrogens is 348 g/mol. The van der Waals surface area contributed by atoms with Crippen molar-refractivity contribution in [1.29, 1.82) is 0 Å². The number of hydrogen-bond acceptors (Lipinski definition) is 1. The molecule has 0 saturated heterocycles. The molecule has 0 spiro atoms. The van der Waals surface area contributed by atoms with Gasteiger partial charge in [-0.3, -0.25) is 0 Å². The Morgan fingerprint density at radius 2 is 1.52 bits per heavy atom. The van der Waals surface area contributed by atoms with Crippen molar-refractivity contribution < 1.29 is 17.9 Å². The fourth-order valence-corrected chi connectivity index (χ4v) is 2.90. The highest BCUT2D eigenvalue weighted by Gasteiger charge is 2.31. The van der Waals surface area contributed by atoms with Gasteiger partial charge in [-0.2, -0.15) is 13.2 Å². The molecule has 21 heavy (non-hydrogen) atoms. The number of benzene rings is 2. The second-order valence-electron chi connectivity index (χ2n) is 4.16. The minimum atomic E-state index is -4.48. The maximum absolute atomic E-state index is 12.9. The summed E-state index contributed by atoms with van der Waals surface area (Å²) in [5.74, 6) is 0.231. The van der Waals surface area contributed by atoms with Gasteiger partial charge in [0.1, 0.15) is 5.75 Å². The van der Waals surface area contributed by atoms with Gasteiger partial charge in [0.05, 0.1) is 22.7 Å². The minimum absolute atomic E-state index is 0.144. The molecule has 0 aliphatic heterocycles. The molecule has 0 atom stereocenters. The van der Waals surface area contributed by atoms with E-state index < -0.39 is 11.7 Å². The van der Waals surface area contributed by atoms with Crippen LogP contribution in [0.4, 0.5) is 13.2 Å². The predicted octanol–water partition coefficient (Wildman–Crippen LogP) is 6.34. The molecule has 7 heteroatoms. The minimum Gasteiger partial charge on any atom is -0.496 e. The number of ether oxygens (including phenoxy) is 1. The van der Waals surface area contributed by atoms with Crippen LogP contribution in [0.3, 0.4) is 0 Å². The van der Waals surface area contributed by atoms with Crippen molar-refractivity contribution in [2.75, 3.05) is 7.11 Å². The van der Waals surface area contributed by atoms with Gasteiger partial charge in [0.15, 0.2) is 0 Å². The summed E-state index contributed by atoms with van der Waals surface area (Å²) in [6.07, 6.45) is -4.48. The van der Waals surface area contributed by atoms with E-state index in [9.17, 15) is 13.2 Å². The van der Waals surface area contributed by atoms with Crippen molar-refractivity contribution in [3.05, 3.63) is 51.0 Å². The van der Waals surface area contributed by atoms with Gasteiger partial charge in [-0.05, 0) is 30.3 Å². The Balaban J connectivity index is 2.73. The second-order valence-corrected chi connectivity index (χ2v) is 5.41. The summed E-state index contributed by atoms with van der Waals surface area (Å²) in [5.41, 5.74) is -0.426. The number of hydrogen-bond donors (Lipinski definition) is 0. The number of halogens is 6. The Morgan fingerprint density at radius 1 is 0.952 bits per heavy atom. The lowest BCUT2D eigenvalue weighted by Gasteiger charge is -2.15. The quantitative estimate of drug-likeness (QED) is 0.610. The first kappa shape index (κ1) is 16.3. The average Bonchev–Trinajstić information content (AvgIpc) is 2.36. The first-order valence-corrected chi connectivity index (χ1v) is 6.77. The summed E-state index contributed by atoms with van der Waals surface area (Å²) < 4.78 is 43.7. The number of methoxy groups -OCH3 is 1. The Hall–Kier alpha value is -1.10. The summed E-state index contributed by atoms with van der Waals surface area (Å²) in [5, 5.41) is 0.579. The molecule has 112 valence electrons. The van der Waals surface area contributed by atoms with Crippen molar-refractivity contribution in [3.8, 4) is 16.9 Å². The van der Waals surface area contributed by atoms with Crippen LogP contribution in [0.25, 0.3) is 11.1 Å². The molecule has 0 bridgehead atoms. The lowest BCUT2D eigenvalue weighted by molar-refractivity contribution is -0.137. The molecule has 0 fully saturated rings. The van der Waals surface area contributed by atoms with E-state index in [0.717, 1.165) is 12.1 Å². The van der Waals surface area contributed by atoms with E-state index in [4.69, 9.17) is 39.5 Å². The van der Waals surface area contributed by atoms with Gasteiger partial charge in [0.25, 0.3) is 0 Å². The molecule has 0 N–H and O–H groups in total. The highest BCUT2D eigenvalue weighted by molar-refractivity contribution is 6.41. The molecule has 0 aromatic heterocycles. The highest BCUT2D eigenvalue weighted by atomic mass is 35.5. The summed E-state index contributed by atoms with van der Waals surface area (Å²) in [4.78, 5) is 0. The molecular formula is C14H8Cl3F3O. The van der Waals surface area contributed by atoms with Crippen LogP contribution < -0.4 is 4.74 Å². The molecule has 2 rings (SSSR count). The van der Waals surface area contributed by atoms with E-state index in [0.29, 0.717) is 5.02 Å². The Labute approximate surface area is 134 Å². The van der Waals surface area contributed by atoms with E-state index in [1.807, 2.05) is 0 Å². The van der Waals surface area contributed by atoms with Gasteiger partial charge < -0.3 is 4.74 Å². The summed E-state index contributed by atoms with van der Waals surface area (Å²) in [6.45, 7) is 0. The van der Waals surface area contributed by atoms with Crippen molar-refractivity contribution in [2.24, 2.45) is 0 Å². The van der Waals surface area contributed by atoms with Crippen molar-refractivity contribution in [2.45, 2.75) is 6.18 Å². The Kier molecular flexibility index (Phi) is 4.61. The lowest BCUT2D eigenvalue weighted by atomic mass is 10.0. The third kappa shape index (κ3) is 3.39. The first-order valence-electron chi connectivity index (χ1n) is 5.64. The summed E-state index contributed by atoms with van der Waals surface area (Å²) in [6, 6.07) is 5.91. The van der Waals surface area contributed by atoms with Crippen molar-refractivity contribution >= 4 is 34.8 Å². The monoisotopic (exact) mass is 354 g/mol. The second kappa shape index (κ2) is 5.95. The fraction of sp³-hybridized carbons (Fsp3) is 0.143. The van der Waals surface area contributed by atoms with Crippen LogP contribution in [0, 0.1) is 0 Å². The lowest BCUT2D eigenvalue weighted by Crippen LogP contribution is -2.05. The standard InChI is InChI=1S/C14H8Cl3F3O/c1-21-12-3-2-7(14(18,19)20)4-9(12)13-10(16)5-8(15)6-11(13)17/h2-6H,1H3.